The van der Waals surface area contributed by atoms with Crippen LogP contribution in [0.25, 0.3) is 5.70 Å². The lowest BCUT2D eigenvalue weighted by molar-refractivity contribution is -0.117. The highest BCUT2D eigenvalue weighted by atomic mass is 35.5. The van der Waals surface area contributed by atoms with Crippen LogP contribution in [0, 0.1) is 0 Å². The quantitative estimate of drug-likeness (QED) is 0.579. The summed E-state index contributed by atoms with van der Waals surface area (Å²) in [6, 6.07) is 14.0. The van der Waals surface area contributed by atoms with Crippen molar-refractivity contribution in [3.8, 4) is 0 Å². The van der Waals surface area contributed by atoms with E-state index in [-0.39, 0.29) is 29.5 Å². The minimum atomic E-state index is -0.765. The smallest absolute Gasteiger partial charge is 0.289 e. The molecule has 1 atom stereocenters. The molecule has 0 radical (unpaired) electrons. The lowest BCUT2D eigenvalue weighted by atomic mass is 9.81. The number of Topliss-reactive ketones (excluding diaryl/α,β-unsaturated/α-hetero) is 1. The van der Waals surface area contributed by atoms with Gasteiger partial charge in [-0.15, -0.1) is 0 Å². The molecule has 0 fully saturated rings. The molecule has 172 valence electrons. The molecule has 1 aliphatic carbocycles. The lowest BCUT2D eigenvalue weighted by Crippen LogP contribution is -2.47. The second-order valence-electron chi connectivity index (χ2n) is 8.54. The Kier molecular flexibility index (Phi) is 5.17. The lowest BCUT2D eigenvalue weighted by Gasteiger charge is -2.36. The summed E-state index contributed by atoms with van der Waals surface area (Å²) >= 11 is 6.12. The Labute approximate surface area is 200 Å². The zero-order valence-electron chi connectivity index (χ0n) is 19.0. The molecule has 0 unspecified atom stereocenters. The first-order valence-electron chi connectivity index (χ1n) is 11.0. The Balaban J connectivity index is 1.96. The Hall–Kier alpha value is -3.71. The van der Waals surface area contributed by atoms with E-state index in [1.54, 1.807) is 55.6 Å². The van der Waals surface area contributed by atoms with Crippen molar-refractivity contribution in [3.63, 3.8) is 0 Å². The maximum absolute atomic E-state index is 13.8. The largest absolute Gasteiger partial charge is 0.332 e. The molecule has 1 amide bonds. The number of nitrogens with zero attached hydrogens (tertiary/aromatic N) is 3. The van der Waals surface area contributed by atoms with Crippen LogP contribution in [0.3, 0.4) is 0 Å². The summed E-state index contributed by atoms with van der Waals surface area (Å²) < 4.78 is 2.34. The van der Waals surface area contributed by atoms with E-state index in [1.807, 2.05) is 6.92 Å². The van der Waals surface area contributed by atoms with E-state index in [0.717, 1.165) is 4.57 Å². The molecule has 5 rings (SSSR count). The van der Waals surface area contributed by atoms with E-state index >= 15 is 0 Å². The van der Waals surface area contributed by atoms with Gasteiger partial charge in [-0.05, 0) is 24.1 Å². The van der Waals surface area contributed by atoms with Gasteiger partial charge in [-0.1, -0.05) is 54.9 Å². The normalized spacial score (nSPS) is 16.4. The monoisotopic (exact) mass is 475 g/mol. The Morgan fingerprint density at radius 2 is 1.59 bits per heavy atom. The molecule has 2 aliphatic rings. The van der Waals surface area contributed by atoms with Crippen LogP contribution in [0.5, 0.6) is 0 Å². The summed E-state index contributed by atoms with van der Waals surface area (Å²) in [5, 5.41) is 0.517. The summed E-state index contributed by atoms with van der Waals surface area (Å²) in [4.78, 5) is 55.2. The van der Waals surface area contributed by atoms with Crippen LogP contribution in [0.2, 0.25) is 5.02 Å². The number of benzene rings is 2. The first-order valence-corrected chi connectivity index (χ1v) is 11.4. The molecule has 2 heterocycles. The number of hydrogen-bond donors (Lipinski definition) is 0. The summed E-state index contributed by atoms with van der Waals surface area (Å²) in [5.74, 6) is -1.08. The van der Waals surface area contributed by atoms with Crippen molar-refractivity contribution in [3.05, 3.63) is 102 Å². The number of allylic oxidation sites excluding steroid dienone is 1. The van der Waals surface area contributed by atoms with Crippen LogP contribution in [0.4, 0.5) is 5.82 Å². The van der Waals surface area contributed by atoms with Gasteiger partial charge in [-0.3, -0.25) is 28.4 Å². The van der Waals surface area contributed by atoms with Gasteiger partial charge in [0.05, 0.1) is 11.3 Å². The third-order valence-electron chi connectivity index (χ3n) is 6.52. The average Bonchev–Trinajstić information content (AvgIpc) is 3.13. The molecule has 0 saturated heterocycles. The van der Waals surface area contributed by atoms with Crippen molar-refractivity contribution in [1.82, 2.24) is 9.13 Å². The Morgan fingerprint density at radius 1 is 0.941 bits per heavy atom. The van der Waals surface area contributed by atoms with Crippen LogP contribution in [0.1, 0.15) is 52.7 Å². The number of anilines is 1. The van der Waals surface area contributed by atoms with Gasteiger partial charge in [0.1, 0.15) is 5.82 Å². The van der Waals surface area contributed by atoms with Gasteiger partial charge in [0, 0.05) is 48.2 Å². The van der Waals surface area contributed by atoms with Crippen molar-refractivity contribution in [2.75, 3.05) is 4.90 Å². The van der Waals surface area contributed by atoms with E-state index in [9.17, 15) is 19.2 Å². The van der Waals surface area contributed by atoms with Gasteiger partial charge in [0.2, 0.25) is 5.91 Å². The van der Waals surface area contributed by atoms with Crippen LogP contribution in [-0.2, 0) is 18.9 Å². The van der Waals surface area contributed by atoms with Gasteiger partial charge >= 0.3 is 5.69 Å². The molecule has 1 aliphatic heterocycles. The predicted molar refractivity (Wildman–Crippen MR) is 130 cm³/mol. The van der Waals surface area contributed by atoms with E-state index in [0.29, 0.717) is 39.4 Å². The van der Waals surface area contributed by atoms with E-state index < -0.39 is 17.2 Å². The van der Waals surface area contributed by atoms with Crippen molar-refractivity contribution in [2.24, 2.45) is 14.1 Å². The molecule has 0 bridgehead atoms. The zero-order chi connectivity index (χ0) is 24.3. The molecular formula is C26H22ClN3O4. The van der Waals surface area contributed by atoms with Gasteiger partial charge in [-0.2, -0.15) is 0 Å². The van der Waals surface area contributed by atoms with Gasteiger partial charge < -0.3 is 0 Å². The number of halogens is 1. The Morgan fingerprint density at radius 3 is 2.24 bits per heavy atom. The van der Waals surface area contributed by atoms with Crippen molar-refractivity contribution in [1.29, 1.82) is 0 Å². The van der Waals surface area contributed by atoms with Crippen molar-refractivity contribution in [2.45, 2.75) is 25.7 Å². The van der Waals surface area contributed by atoms with Crippen molar-refractivity contribution < 1.29 is 9.59 Å². The average molecular weight is 476 g/mol. The number of rotatable bonds is 3. The highest BCUT2D eigenvalue weighted by Crippen LogP contribution is 2.51. The highest BCUT2D eigenvalue weighted by molar-refractivity contribution is 6.30. The zero-order valence-corrected chi connectivity index (χ0v) is 19.7. The number of fused-ring (bicyclic) bond motifs is 3. The maximum atomic E-state index is 13.8. The molecular weight excluding hydrogens is 454 g/mol. The number of amides is 1. The number of hydrogen-bond acceptors (Lipinski definition) is 4. The number of carbonyl (C=O) groups excluding carboxylic acids is 2. The summed E-state index contributed by atoms with van der Waals surface area (Å²) in [7, 11) is 2.94. The molecule has 7 nitrogen and oxygen atoms in total. The number of carbonyl (C=O) groups is 2. The van der Waals surface area contributed by atoms with Gasteiger partial charge in [0.15, 0.2) is 5.78 Å². The highest BCUT2D eigenvalue weighted by Gasteiger charge is 2.47. The fourth-order valence-corrected chi connectivity index (χ4v) is 5.11. The van der Waals surface area contributed by atoms with Crippen LogP contribution < -0.4 is 16.1 Å². The summed E-state index contributed by atoms with van der Waals surface area (Å²) in [6.45, 7) is 1.88. The molecule has 2 aromatic carbocycles. The fourth-order valence-electron chi connectivity index (χ4n) is 4.98. The minimum absolute atomic E-state index is 0.196. The third kappa shape index (κ3) is 2.97. The number of ketones is 1. The molecule has 1 aromatic heterocycles. The standard InChI is InChI=1S/C26H22ClN3O4/c1-4-7-18(31)30-22-16-8-5-6-9-17(16)23(32)20(22)19(14-10-12-15(27)13-11-14)21-24(30)28(2)26(34)29(3)25(21)33/h5-6,8-13,19H,4,7H2,1-3H3/t19-/m1/s1. The fraction of sp³-hybridized carbons (Fsp3) is 0.231. The first kappa shape index (κ1) is 22.1. The molecule has 0 N–H and O–H groups in total. The summed E-state index contributed by atoms with van der Waals surface area (Å²) in [6.07, 6.45) is 0.768. The van der Waals surface area contributed by atoms with E-state index in [1.165, 1.54) is 16.5 Å². The molecule has 0 saturated carbocycles. The second-order valence-corrected chi connectivity index (χ2v) is 8.98. The number of aromatic nitrogens is 2. The molecule has 34 heavy (non-hydrogen) atoms. The van der Waals surface area contributed by atoms with Crippen LogP contribution in [-0.4, -0.2) is 20.8 Å². The van der Waals surface area contributed by atoms with Crippen LogP contribution in [0.15, 0.2) is 63.7 Å². The molecule has 3 aromatic rings. The Bertz CT molecular complexity index is 1530. The maximum Gasteiger partial charge on any atom is 0.332 e. The summed E-state index contributed by atoms with van der Waals surface area (Å²) in [5.41, 5.74) is 1.69. The topological polar surface area (TPSA) is 81.4 Å². The van der Waals surface area contributed by atoms with Crippen molar-refractivity contribution >= 4 is 34.8 Å². The van der Waals surface area contributed by atoms with Gasteiger partial charge in [0.25, 0.3) is 5.56 Å². The first-order chi connectivity index (χ1) is 16.3. The minimum Gasteiger partial charge on any atom is -0.289 e. The van der Waals surface area contributed by atoms with E-state index in [2.05, 4.69) is 0 Å². The second kappa shape index (κ2) is 7.95. The SMILES string of the molecule is CCCC(=O)N1C2=C(C(=O)c3ccccc32)[C@@H](c2ccc(Cl)cc2)c2c1n(C)c(=O)n(C)c2=O. The predicted octanol–water partition coefficient (Wildman–Crippen LogP) is 3.62. The molecule has 0 spiro atoms. The third-order valence-corrected chi connectivity index (χ3v) is 6.78. The van der Waals surface area contributed by atoms with E-state index in [4.69, 9.17) is 11.6 Å². The van der Waals surface area contributed by atoms with Gasteiger partial charge in [-0.25, -0.2) is 4.79 Å². The van der Waals surface area contributed by atoms with Crippen LogP contribution >= 0.6 is 11.6 Å². The molecule has 8 heteroatoms.